The van der Waals surface area contributed by atoms with Crippen LogP contribution in [0.3, 0.4) is 0 Å². The van der Waals surface area contributed by atoms with Gasteiger partial charge < -0.3 is 5.11 Å². The molecule has 0 amide bonds. The van der Waals surface area contributed by atoms with E-state index in [4.69, 9.17) is 16.7 Å². The molecule has 1 fully saturated rings. The van der Waals surface area contributed by atoms with Crippen molar-refractivity contribution in [3.05, 3.63) is 70.9 Å². The van der Waals surface area contributed by atoms with Gasteiger partial charge in [-0.3, -0.25) is 0 Å². The highest BCUT2D eigenvalue weighted by molar-refractivity contribution is 6.30. The standard InChI is InChI=1S/C22H23ClN2O/c1-16-5-7-17(8-6-16)20-15-21(22(26)13-3-2-4-14-22)24-25(20)19-11-9-18(23)10-12-19/h5-12,15,26H,2-4,13-14H2,1H3. The molecule has 0 aliphatic heterocycles. The first-order valence-corrected chi connectivity index (χ1v) is 9.59. The third-order valence-corrected chi connectivity index (χ3v) is 5.54. The molecule has 0 radical (unpaired) electrons. The second-order valence-corrected chi connectivity index (χ2v) is 7.70. The highest BCUT2D eigenvalue weighted by atomic mass is 35.5. The van der Waals surface area contributed by atoms with Gasteiger partial charge in [0, 0.05) is 10.6 Å². The van der Waals surface area contributed by atoms with Gasteiger partial charge in [-0.15, -0.1) is 0 Å². The SMILES string of the molecule is Cc1ccc(-c2cc(C3(O)CCCCC3)nn2-c2ccc(Cl)cc2)cc1. The topological polar surface area (TPSA) is 38.1 Å². The maximum atomic E-state index is 11.2. The summed E-state index contributed by atoms with van der Waals surface area (Å²) in [7, 11) is 0. The van der Waals surface area contributed by atoms with Crippen LogP contribution in [0.25, 0.3) is 16.9 Å². The summed E-state index contributed by atoms with van der Waals surface area (Å²) < 4.78 is 1.92. The van der Waals surface area contributed by atoms with Crippen molar-refractivity contribution in [2.24, 2.45) is 0 Å². The monoisotopic (exact) mass is 366 g/mol. The van der Waals surface area contributed by atoms with Crippen molar-refractivity contribution in [3.63, 3.8) is 0 Å². The van der Waals surface area contributed by atoms with Crippen molar-refractivity contribution in [2.75, 3.05) is 0 Å². The number of rotatable bonds is 3. The second kappa shape index (κ2) is 6.90. The minimum atomic E-state index is -0.824. The van der Waals surface area contributed by atoms with E-state index in [1.807, 2.05) is 35.0 Å². The van der Waals surface area contributed by atoms with E-state index in [2.05, 4.69) is 31.2 Å². The third-order valence-electron chi connectivity index (χ3n) is 5.29. The molecule has 0 atom stereocenters. The van der Waals surface area contributed by atoms with Gasteiger partial charge in [-0.1, -0.05) is 60.7 Å². The van der Waals surface area contributed by atoms with E-state index in [1.54, 1.807) is 0 Å². The predicted molar refractivity (Wildman–Crippen MR) is 106 cm³/mol. The van der Waals surface area contributed by atoms with Crippen LogP contribution in [-0.2, 0) is 5.60 Å². The van der Waals surface area contributed by atoms with Crippen LogP contribution >= 0.6 is 11.6 Å². The van der Waals surface area contributed by atoms with Crippen molar-refractivity contribution in [1.29, 1.82) is 0 Å². The van der Waals surface area contributed by atoms with E-state index in [9.17, 15) is 5.11 Å². The van der Waals surface area contributed by atoms with Crippen LogP contribution in [0, 0.1) is 6.92 Å². The number of aromatic nitrogens is 2. The number of benzene rings is 2. The van der Waals surface area contributed by atoms with Crippen molar-refractivity contribution in [2.45, 2.75) is 44.6 Å². The average molecular weight is 367 g/mol. The number of aliphatic hydroxyl groups is 1. The Morgan fingerprint density at radius 3 is 2.27 bits per heavy atom. The molecule has 4 rings (SSSR count). The lowest BCUT2D eigenvalue weighted by atomic mass is 9.82. The molecule has 1 aliphatic rings. The Hall–Kier alpha value is -2.10. The minimum absolute atomic E-state index is 0.698. The van der Waals surface area contributed by atoms with Gasteiger partial charge in [0.05, 0.1) is 17.1 Å². The number of hydrogen-bond donors (Lipinski definition) is 1. The van der Waals surface area contributed by atoms with Crippen LogP contribution in [0.15, 0.2) is 54.6 Å². The first kappa shape index (κ1) is 17.3. The first-order chi connectivity index (χ1) is 12.5. The van der Waals surface area contributed by atoms with E-state index >= 15 is 0 Å². The fourth-order valence-electron chi connectivity index (χ4n) is 3.71. The summed E-state index contributed by atoms with van der Waals surface area (Å²) in [6.07, 6.45) is 4.83. The predicted octanol–water partition coefficient (Wildman–Crippen LogP) is 5.65. The molecule has 0 saturated heterocycles. The van der Waals surface area contributed by atoms with Gasteiger partial charge in [0.25, 0.3) is 0 Å². The quantitative estimate of drug-likeness (QED) is 0.650. The summed E-state index contributed by atoms with van der Waals surface area (Å²) >= 11 is 6.05. The van der Waals surface area contributed by atoms with Gasteiger partial charge >= 0.3 is 0 Å². The summed E-state index contributed by atoms with van der Waals surface area (Å²) in [6.45, 7) is 2.08. The Morgan fingerprint density at radius 1 is 0.962 bits per heavy atom. The Labute approximate surface area is 159 Å². The van der Waals surface area contributed by atoms with Gasteiger partial charge in [-0.05, 0) is 50.1 Å². The molecule has 0 bridgehead atoms. The molecule has 26 heavy (non-hydrogen) atoms. The molecule has 1 saturated carbocycles. The molecule has 0 spiro atoms. The van der Waals surface area contributed by atoms with E-state index < -0.39 is 5.60 Å². The van der Waals surface area contributed by atoms with E-state index in [0.717, 1.165) is 48.3 Å². The molecular formula is C22H23ClN2O. The number of halogens is 1. The summed E-state index contributed by atoms with van der Waals surface area (Å²) in [5, 5.41) is 16.7. The Bertz CT molecular complexity index is 828. The van der Waals surface area contributed by atoms with Gasteiger partial charge in [-0.25, -0.2) is 4.68 Å². The summed E-state index contributed by atoms with van der Waals surface area (Å²) in [6, 6.07) is 18.1. The van der Waals surface area contributed by atoms with Crippen LogP contribution < -0.4 is 0 Å². The third kappa shape index (κ3) is 3.29. The molecule has 1 heterocycles. The fraction of sp³-hybridized carbons (Fsp3) is 0.318. The van der Waals surface area contributed by atoms with Crippen molar-refractivity contribution < 1.29 is 5.11 Å². The van der Waals surface area contributed by atoms with E-state index in [-0.39, 0.29) is 0 Å². The van der Waals surface area contributed by atoms with Crippen molar-refractivity contribution >= 4 is 11.6 Å². The maximum Gasteiger partial charge on any atom is 0.108 e. The first-order valence-electron chi connectivity index (χ1n) is 9.21. The van der Waals surface area contributed by atoms with Crippen LogP contribution in [-0.4, -0.2) is 14.9 Å². The fourth-order valence-corrected chi connectivity index (χ4v) is 3.84. The molecule has 2 aromatic carbocycles. The van der Waals surface area contributed by atoms with Gasteiger partial charge in [0.2, 0.25) is 0 Å². The molecule has 0 unspecified atom stereocenters. The van der Waals surface area contributed by atoms with Gasteiger partial charge in [0.15, 0.2) is 0 Å². The van der Waals surface area contributed by atoms with E-state index in [0.29, 0.717) is 5.02 Å². The largest absolute Gasteiger partial charge is 0.383 e. The molecule has 3 nitrogen and oxygen atoms in total. The molecule has 1 aromatic heterocycles. The Kier molecular flexibility index (Phi) is 4.60. The number of hydrogen-bond acceptors (Lipinski definition) is 2. The zero-order chi connectivity index (χ0) is 18.1. The summed E-state index contributed by atoms with van der Waals surface area (Å²) in [5.41, 5.74) is 4.18. The molecule has 1 N–H and O–H groups in total. The van der Waals surface area contributed by atoms with Gasteiger partial charge in [0.1, 0.15) is 5.60 Å². The lowest BCUT2D eigenvalue weighted by Gasteiger charge is -2.30. The summed E-state index contributed by atoms with van der Waals surface area (Å²) in [5.74, 6) is 0. The number of aryl methyl sites for hydroxylation is 1. The molecule has 134 valence electrons. The zero-order valence-corrected chi connectivity index (χ0v) is 15.7. The van der Waals surface area contributed by atoms with Gasteiger partial charge in [-0.2, -0.15) is 5.10 Å². The van der Waals surface area contributed by atoms with E-state index in [1.165, 1.54) is 12.0 Å². The molecule has 4 heteroatoms. The van der Waals surface area contributed by atoms with Crippen molar-refractivity contribution in [3.8, 4) is 16.9 Å². The number of nitrogens with zero attached hydrogens (tertiary/aromatic N) is 2. The lowest BCUT2D eigenvalue weighted by Crippen LogP contribution is -2.29. The van der Waals surface area contributed by atoms with Crippen LogP contribution in [0.2, 0.25) is 5.02 Å². The summed E-state index contributed by atoms with van der Waals surface area (Å²) in [4.78, 5) is 0. The smallest absolute Gasteiger partial charge is 0.108 e. The second-order valence-electron chi connectivity index (χ2n) is 7.26. The molecule has 3 aromatic rings. The van der Waals surface area contributed by atoms with Crippen LogP contribution in [0.5, 0.6) is 0 Å². The molecule has 1 aliphatic carbocycles. The van der Waals surface area contributed by atoms with Crippen LogP contribution in [0.1, 0.15) is 43.4 Å². The normalized spacial score (nSPS) is 16.6. The average Bonchev–Trinajstić information content (AvgIpc) is 3.10. The van der Waals surface area contributed by atoms with Crippen molar-refractivity contribution in [1.82, 2.24) is 9.78 Å². The highest BCUT2D eigenvalue weighted by Gasteiger charge is 2.34. The highest BCUT2D eigenvalue weighted by Crippen LogP contribution is 2.38. The molecular weight excluding hydrogens is 344 g/mol. The Morgan fingerprint density at radius 2 is 1.62 bits per heavy atom. The van der Waals surface area contributed by atoms with Crippen LogP contribution in [0.4, 0.5) is 0 Å². The Balaban J connectivity index is 1.84. The minimum Gasteiger partial charge on any atom is -0.383 e. The maximum absolute atomic E-state index is 11.2. The zero-order valence-electron chi connectivity index (χ0n) is 15.0. The lowest BCUT2D eigenvalue weighted by molar-refractivity contribution is -0.00491.